The third-order valence-electron chi connectivity index (χ3n) is 5.74. The number of aromatic nitrogens is 1. The highest BCUT2D eigenvalue weighted by molar-refractivity contribution is 5.68. The lowest BCUT2D eigenvalue weighted by Crippen LogP contribution is -2.46. The maximum atomic E-state index is 12.5. The molecule has 0 radical (unpaired) electrons. The smallest absolute Gasteiger partial charge is 0.410 e. The molecule has 1 aliphatic carbocycles. The minimum atomic E-state index is -0.464. The summed E-state index contributed by atoms with van der Waals surface area (Å²) in [5.74, 6) is 0. The Bertz CT molecular complexity index is 824. The molecule has 0 aliphatic heterocycles. The first kappa shape index (κ1) is 22.1. The Labute approximate surface area is 181 Å². The summed E-state index contributed by atoms with van der Waals surface area (Å²) in [5.41, 5.74) is 3.09. The lowest BCUT2D eigenvalue weighted by atomic mass is 9.89. The van der Waals surface area contributed by atoms with Crippen molar-refractivity contribution in [1.29, 1.82) is 0 Å². The molecule has 5 heteroatoms. The van der Waals surface area contributed by atoms with Crippen LogP contribution in [0.2, 0.25) is 0 Å². The Kier molecular flexibility index (Phi) is 7.01. The number of carbonyl (C=O) groups is 1. The summed E-state index contributed by atoms with van der Waals surface area (Å²) in [7, 11) is 1.87. The highest BCUT2D eigenvalue weighted by Gasteiger charge is 2.31. The lowest BCUT2D eigenvalue weighted by molar-refractivity contribution is 0.0183. The number of hydrogen-bond acceptors (Lipinski definition) is 4. The van der Waals surface area contributed by atoms with Gasteiger partial charge in [-0.3, -0.25) is 4.98 Å². The zero-order valence-corrected chi connectivity index (χ0v) is 19.0. The molecule has 0 spiro atoms. The second-order valence-corrected chi connectivity index (χ2v) is 9.32. The molecule has 1 heterocycles. The fraction of sp³-hybridized carbons (Fsp3) is 0.520. The number of benzene rings is 1. The van der Waals surface area contributed by atoms with Crippen LogP contribution < -0.4 is 4.90 Å². The molecule has 2 aromatic rings. The van der Waals surface area contributed by atoms with E-state index in [1.165, 1.54) is 11.3 Å². The summed E-state index contributed by atoms with van der Waals surface area (Å²) < 4.78 is 5.56. The summed E-state index contributed by atoms with van der Waals surface area (Å²) in [6, 6.07) is 15.6. The van der Waals surface area contributed by atoms with Crippen LogP contribution in [-0.4, -0.2) is 40.7 Å². The van der Waals surface area contributed by atoms with Crippen molar-refractivity contribution >= 4 is 11.8 Å². The molecule has 0 bridgehead atoms. The van der Waals surface area contributed by atoms with Gasteiger partial charge in [-0.1, -0.05) is 30.3 Å². The first-order valence-electron chi connectivity index (χ1n) is 10.9. The van der Waals surface area contributed by atoms with Crippen molar-refractivity contribution in [3.05, 3.63) is 59.9 Å². The molecule has 5 nitrogen and oxygen atoms in total. The van der Waals surface area contributed by atoms with E-state index in [1.54, 1.807) is 4.90 Å². The van der Waals surface area contributed by atoms with Gasteiger partial charge >= 0.3 is 6.09 Å². The van der Waals surface area contributed by atoms with Crippen molar-refractivity contribution < 1.29 is 9.53 Å². The highest BCUT2D eigenvalue weighted by atomic mass is 16.6. The molecule has 0 unspecified atom stereocenters. The summed E-state index contributed by atoms with van der Waals surface area (Å²) >= 11 is 0. The Morgan fingerprint density at radius 1 is 1.07 bits per heavy atom. The zero-order valence-electron chi connectivity index (χ0n) is 19.0. The number of hydrogen-bond donors (Lipinski definition) is 0. The van der Waals surface area contributed by atoms with Crippen LogP contribution in [0.1, 0.15) is 57.7 Å². The number of nitrogens with zero attached hydrogens (tertiary/aromatic N) is 3. The Morgan fingerprint density at radius 3 is 2.30 bits per heavy atom. The predicted molar refractivity (Wildman–Crippen MR) is 122 cm³/mol. The van der Waals surface area contributed by atoms with E-state index in [9.17, 15) is 4.79 Å². The van der Waals surface area contributed by atoms with Gasteiger partial charge in [0.05, 0.1) is 0 Å². The quantitative estimate of drug-likeness (QED) is 0.647. The van der Waals surface area contributed by atoms with Gasteiger partial charge in [0.2, 0.25) is 0 Å². The monoisotopic (exact) mass is 409 g/mol. The molecule has 1 amide bonds. The second kappa shape index (κ2) is 9.50. The fourth-order valence-corrected chi connectivity index (χ4v) is 4.16. The minimum absolute atomic E-state index is 0.225. The second-order valence-electron chi connectivity index (χ2n) is 9.32. The zero-order chi connectivity index (χ0) is 21.7. The van der Waals surface area contributed by atoms with E-state index >= 15 is 0 Å². The van der Waals surface area contributed by atoms with Crippen molar-refractivity contribution in [2.45, 2.75) is 77.6 Å². The number of carbonyl (C=O) groups excluding carboxylic acids is 1. The molecule has 162 valence electrons. The number of pyridine rings is 1. The van der Waals surface area contributed by atoms with Gasteiger partial charge in [-0.2, -0.15) is 0 Å². The van der Waals surface area contributed by atoms with Gasteiger partial charge in [0, 0.05) is 43.3 Å². The SMILES string of the molecule is Cc1cc(N(Cc2ccccc2)C2CCC(N(C)C(=O)OC(C)(C)C)CC2)ccn1. The Balaban J connectivity index is 1.69. The average molecular weight is 410 g/mol. The molecule has 0 saturated heterocycles. The van der Waals surface area contributed by atoms with Crippen LogP contribution in [0, 0.1) is 6.92 Å². The lowest BCUT2D eigenvalue weighted by Gasteiger charge is -2.41. The Hall–Kier alpha value is -2.56. The maximum Gasteiger partial charge on any atom is 0.410 e. The molecule has 1 aromatic carbocycles. The third-order valence-corrected chi connectivity index (χ3v) is 5.74. The van der Waals surface area contributed by atoms with Crippen LogP contribution in [0.4, 0.5) is 10.5 Å². The van der Waals surface area contributed by atoms with Crippen LogP contribution in [0.3, 0.4) is 0 Å². The normalized spacial score (nSPS) is 19.2. The first-order valence-corrected chi connectivity index (χ1v) is 10.9. The van der Waals surface area contributed by atoms with Gasteiger partial charge in [0.15, 0.2) is 0 Å². The molecular weight excluding hydrogens is 374 g/mol. The summed E-state index contributed by atoms with van der Waals surface area (Å²) in [6.45, 7) is 8.65. The standard InChI is InChI=1S/C25H35N3O2/c1-19-17-23(15-16-26-19)28(18-20-9-7-6-8-10-20)22-13-11-21(12-14-22)27(5)24(29)30-25(2,3)4/h6-10,15-17,21-22H,11-14,18H2,1-5H3. The van der Waals surface area contributed by atoms with Crippen LogP contribution in [0.5, 0.6) is 0 Å². The Morgan fingerprint density at radius 2 is 1.70 bits per heavy atom. The predicted octanol–water partition coefficient (Wildman–Crippen LogP) is 5.57. The summed E-state index contributed by atoms with van der Waals surface area (Å²) in [4.78, 5) is 21.1. The highest BCUT2D eigenvalue weighted by Crippen LogP contribution is 2.31. The van der Waals surface area contributed by atoms with Crippen molar-refractivity contribution in [2.24, 2.45) is 0 Å². The topological polar surface area (TPSA) is 45.7 Å². The molecular formula is C25H35N3O2. The van der Waals surface area contributed by atoms with Crippen molar-refractivity contribution in [1.82, 2.24) is 9.88 Å². The van der Waals surface area contributed by atoms with Crippen molar-refractivity contribution in [3.8, 4) is 0 Å². The van der Waals surface area contributed by atoms with Gasteiger partial charge in [0.1, 0.15) is 5.60 Å². The van der Waals surface area contributed by atoms with Gasteiger partial charge < -0.3 is 14.5 Å². The van der Waals surface area contributed by atoms with Crippen molar-refractivity contribution in [2.75, 3.05) is 11.9 Å². The average Bonchev–Trinajstić information content (AvgIpc) is 2.71. The van der Waals surface area contributed by atoms with Gasteiger partial charge in [-0.25, -0.2) is 4.79 Å². The number of amides is 1. The van der Waals surface area contributed by atoms with Gasteiger partial charge in [-0.05, 0) is 71.1 Å². The van der Waals surface area contributed by atoms with Crippen LogP contribution >= 0.6 is 0 Å². The van der Waals surface area contributed by atoms with Crippen LogP contribution in [-0.2, 0) is 11.3 Å². The molecule has 1 saturated carbocycles. The number of rotatable bonds is 5. The largest absolute Gasteiger partial charge is 0.444 e. The van der Waals surface area contributed by atoms with Gasteiger partial charge in [0.25, 0.3) is 0 Å². The number of aryl methyl sites for hydroxylation is 1. The molecule has 1 aliphatic rings. The van der Waals surface area contributed by atoms with Crippen molar-refractivity contribution in [3.63, 3.8) is 0 Å². The molecule has 1 aromatic heterocycles. The fourth-order valence-electron chi connectivity index (χ4n) is 4.16. The van der Waals surface area contributed by atoms with Crippen LogP contribution in [0.25, 0.3) is 0 Å². The first-order chi connectivity index (χ1) is 14.2. The van der Waals surface area contributed by atoms with E-state index in [1.807, 2.05) is 40.9 Å². The summed E-state index contributed by atoms with van der Waals surface area (Å²) in [6.07, 6.45) is 5.73. The van der Waals surface area contributed by atoms with Gasteiger partial charge in [-0.15, -0.1) is 0 Å². The van der Waals surface area contributed by atoms with E-state index in [2.05, 4.69) is 52.3 Å². The van der Waals surface area contributed by atoms with E-state index in [-0.39, 0.29) is 12.1 Å². The molecule has 0 N–H and O–H groups in total. The third kappa shape index (κ3) is 5.97. The van der Waals surface area contributed by atoms with E-state index in [0.29, 0.717) is 6.04 Å². The van der Waals surface area contributed by atoms with E-state index in [0.717, 1.165) is 37.9 Å². The number of anilines is 1. The van der Waals surface area contributed by atoms with E-state index in [4.69, 9.17) is 4.74 Å². The molecule has 0 atom stereocenters. The maximum absolute atomic E-state index is 12.5. The molecule has 1 fully saturated rings. The molecule has 3 rings (SSSR count). The minimum Gasteiger partial charge on any atom is -0.444 e. The molecule has 30 heavy (non-hydrogen) atoms. The number of ether oxygens (including phenoxy) is 1. The van der Waals surface area contributed by atoms with Crippen LogP contribution in [0.15, 0.2) is 48.7 Å². The summed E-state index contributed by atoms with van der Waals surface area (Å²) in [5, 5.41) is 0. The van der Waals surface area contributed by atoms with E-state index < -0.39 is 5.60 Å².